The number of likely N-dealkylation sites (N-methyl/N-ethyl adjacent to an activating group) is 1. The average Bonchev–Trinajstić information content (AvgIpc) is 2.19. The Morgan fingerprint density at radius 2 is 1.62 bits per heavy atom. The van der Waals surface area contributed by atoms with E-state index >= 15 is 0 Å². The van der Waals surface area contributed by atoms with Crippen molar-refractivity contribution in [2.75, 3.05) is 46.0 Å². The van der Waals surface area contributed by atoms with Crippen LogP contribution in [0.1, 0.15) is 33.1 Å². The van der Waals surface area contributed by atoms with Gasteiger partial charge in [0.05, 0.1) is 0 Å². The van der Waals surface area contributed by atoms with E-state index in [1.165, 1.54) is 45.4 Å². The minimum Gasteiger partial charge on any atom is -0.308 e. The Kier molecular flexibility index (Phi) is 10.6. The van der Waals surface area contributed by atoms with Crippen LogP contribution in [0.4, 0.5) is 0 Å². The summed E-state index contributed by atoms with van der Waals surface area (Å²) >= 11 is 4.25. The molecule has 0 N–H and O–H groups in total. The number of unbranched alkanes of at least 4 members (excludes halogenated alkanes) is 2. The van der Waals surface area contributed by atoms with Crippen molar-refractivity contribution in [2.24, 2.45) is 5.92 Å². The summed E-state index contributed by atoms with van der Waals surface area (Å²) in [6.45, 7) is 9.45. The van der Waals surface area contributed by atoms with Crippen molar-refractivity contribution < 1.29 is 0 Å². The number of rotatable bonds is 10. The summed E-state index contributed by atoms with van der Waals surface area (Å²) in [4.78, 5) is 4.87. The summed E-state index contributed by atoms with van der Waals surface area (Å²) in [7, 11) is 4.29. The van der Waals surface area contributed by atoms with Crippen LogP contribution in [0.2, 0.25) is 0 Å². The van der Waals surface area contributed by atoms with Crippen molar-refractivity contribution in [3.63, 3.8) is 0 Å². The van der Waals surface area contributed by atoms with Crippen LogP contribution in [-0.2, 0) is 0 Å². The quantitative estimate of drug-likeness (QED) is 0.468. The molecule has 0 aromatic carbocycles. The summed E-state index contributed by atoms with van der Waals surface area (Å²) in [5.74, 6) is 1.80. The van der Waals surface area contributed by atoms with E-state index in [9.17, 15) is 0 Å². The maximum absolute atomic E-state index is 4.25. The number of nitrogens with zero attached hydrogens (tertiary/aromatic N) is 2. The van der Waals surface area contributed by atoms with Gasteiger partial charge in [-0.2, -0.15) is 12.6 Å². The maximum atomic E-state index is 4.25. The van der Waals surface area contributed by atoms with Gasteiger partial charge in [-0.25, -0.2) is 0 Å². The molecule has 0 aromatic rings. The highest BCUT2D eigenvalue weighted by atomic mass is 32.1. The maximum Gasteiger partial charge on any atom is 0.0109 e. The van der Waals surface area contributed by atoms with Crippen LogP contribution in [0.15, 0.2) is 0 Å². The molecular weight excluding hydrogens is 216 g/mol. The Labute approximate surface area is 108 Å². The number of thiol groups is 1. The zero-order valence-corrected chi connectivity index (χ0v) is 12.5. The predicted molar refractivity (Wildman–Crippen MR) is 77.5 cm³/mol. The second kappa shape index (κ2) is 10.4. The Hall–Kier alpha value is 0.270. The molecule has 0 bridgehead atoms. The van der Waals surface area contributed by atoms with Gasteiger partial charge < -0.3 is 9.80 Å². The molecule has 0 radical (unpaired) electrons. The molecule has 0 unspecified atom stereocenters. The first-order chi connectivity index (χ1) is 7.56. The van der Waals surface area contributed by atoms with Crippen LogP contribution >= 0.6 is 12.6 Å². The second-order valence-corrected chi connectivity index (χ2v) is 5.73. The van der Waals surface area contributed by atoms with Gasteiger partial charge in [0, 0.05) is 19.6 Å². The largest absolute Gasteiger partial charge is 0.308 e. The molecule has 0 atom stereocenters. The number of hydrogen-bond acceptors (Lipinski definition) is 3. The molecule has 98 valence electrons. The summed E-state index contributed by atoms with van der Waals surface area (Å²) in [6, 6.07) is 0. The summed E-state index contributed by atoms with van der Waals surface area (Å²) < 4.78 is 0. The van der Waals surface area contributed by atoms with Crippen molar-refractivity contribution in [1.82, 2.24) is 9.80 Å². The molecule has 0 saturated carbocycles. The average molecular weight is 246 g/mol. The van der Waals surface area contributed by atoms with Gasteiger partial charge in [-0.15, -0.1) is 0 Å². The van der Waals surface area contributed by atoms with E-state index in [4.69, 9.17) is 0 Å². The van der Waals surface area contributed by atoms with E-state index in [1.54, 1.807) is 0 Å². The van der Waals surface area contributed by atoms with Crippen molar-refractivity contribution >= 4 is 12.6 Å². The number of hydrogen-bond donors (Lipinski definition) is 1. The van der Waals surface area contributed by atoms with Gasteiger partial charge in [0.1, 0.15) is 0 Å². The van der Waals surface area contributed by atoms with Crippen LogP contribution in [0, 0.1) is 5.92 Å². The third kappa shape index (κ3) is 10.8. The normalized spacial score (nSPS) is 12.0. The van der Waals surface area contributed by atoms with Crippen molar-refractivity contribution in [1.29, 1.82) is 0 Å². The van der Waals surface area contributed by atoms with Crippen LogP contribution in [0.5, 0.6) is 0 Å². The zero-order chi connectivity index (χ0) is 12.4. The van der Waals surface area contributed by atoms with Crippen LogP contribution in [0.25, 0.3) is 0 Å². The molecule has 0 aromatic heterocycles. The third-order valence-electron chi connectivity index (χ3n) is 2.62. The molecule has 0 aliphatic rings. The first-order valence-corrected chi connectivity index (χ1v) is 7.17. The molecular formula is C13H30N2S. The Morgan fingerprint density at radius 1 is 0.938 bits per heavy atom. The lowest BCUT2D eigenvalue weighted by Gasteiger charge is -2.25. The van der Waals surface area contributed by atoms with Crippen molar-refractivity contribution in [3.05, 3.63) is 0 Å². The zero-order valence-electron chi connectivity index (χ0n) is 11.6. The van der Waals surface area contributed by atoms with E-state index in [0.717, 1.165) is 11.7 Å². The molecule has 2 nitrogen and oxygen atoms in total. The fourth-order valence-electron chi connectivity index (χ4n) is 1.78. The van der Waals surface area contributed by atoms with E-state index in [0.29, 0.717) is 0 Å². The molecule has 0 rings (SSSR count). The smallest absolute Gasteiger partial charge is 0.0109 e. The molecule has 0 aliphatic carbocycles. The highest BCUT2D eigenvalue weighted by Crippen LogP contribution is 2.03. The molecule has 0 amide bonds. The minimum atomic E-state index is 0.770. The summed E-state index contributed by atoms with van der Waals surface area (Å²) in [5, 5.41) is 0. The van der Waals surface area contributed by atoms with E-state index in [2.05, 4.69) is 50.4 Å². The molecule has 0 saturated heterocycles. The molecule has 0 heterocycles. The van der Waals surface area contributed by atoms with Gasteiger partial charge in [-0.05, 0) is 45.2 Å². The van der Waals surface area contributed by atoms with Gasteiger partial charge in [-0.1, -0.05) is 20.3 Å². The van der Waals surface area contributed by atoms with Gasteiger partial charge in [0.2, 0.25) is 0 Å². The van der Waals surface area contributed by atoms with E-state index in [-0.39, 0.29) is 0 Å². The lowest BCUT2D eigenvalue weighted by atomic mass is 10.2. The van der Waals surface area contributed by atoms with Gasteiger partial charge in [0.15, 0.2) is 0 Å². The first-order valence-electron chi connectivity index (χ1n) is 6.54. The van der Waals surface area contributed by atoms with Crippen molar-refractivity contribution in [2.45, 2.75) is 33.1 Å². The summed E-state index contributed by atoms with van der Waals surface area (Å²) in [6.07, 6.45) is 3.90. The Morgan fingerprint density at radius 3 is 2.12 bits per heavy atom. The SMILES string of the molecule is CC(C)CN(CCCCCS)CCN(C)C. The lowest BCUT2D eigenvalue weighted by molar-refractivity contribution is 0.215. The van der Waals surface area contributed by atoms with E-state index < -0.39 is 0 Å². The lowest BCUT2D eigenvalue weighted by Crippen LogP contribution is -2.35. The Balaban J connectivity index is 3.72. The summed E-state index contributed by atoms with van der Waals surface area (Å²) in [5.41, 5.74) is 0. The highest BCUT2D eigenvalue weighted by molar-refractivity contribution is 7.80. The highest BCUT2D eigenvalue weighted by Gasteiger charge is 2.07. The third-order valence-corrected chi connectivity index (χ3v) is 2.94. The topological polar surface area (TPSA) is 6.48 Å². The Bertz CT molecular complexity index is 149. The second-order valence-electron chi connectivity index (χ2n) is 5.28. The molecule has 3 heteroatoms. The van der Waals surface area contributed by atoms with Gasteiger partial charge in [0.25, 0.3) is 0 Å². The van der Waals surface area contributed by atoms with Gasteiger partial charge >= 0.3 is 0 Å². The van der Waals surface area contributed by atoms with Gasteiger partial charge in [-0.3, -0.25) is 0 Å². The fourth-order valence-corrected chi connectivity index (χ4v) is 2.00. The van der Waals surface area contributed by atoms with Crippen LogP contribution < -0.4 is 0 Å². The molecule has 0 aliphatic heterocycles. The fraction of sp³-hybridized carbons (Fsp3) is 1.00. The minimum absolute atomic E-state index is 0.770. The van der Waals surface area contributed by atoms with Crippen LogP contribution in [0.3, 0.4) is 0 Å². The van der Waals surface area contributed by atoms with Crippen LogP contribution in [-0.4, -0.2) is 55.8 Å². The van der Waals surface area contributed by atoms with Crippen molar-refractivity contribution in [3.8, 4) is 0 Å². The monoisotopic (exact) mass is 246 g/mol. The molecule has 0 spiro atoms. The van der Waals surface area contributed by atoms with E-state index in [1.807, 2.05) is 0 Å². The molecule has 16 heavy (non-hydrogen) atoms. The predicted octanol–water partition coefficient (Wildman–Crippen LogP) is 2.61. The standard InChI is InChI=1S/C13H30N2S/c1-13(2)12-15(10-9-14(3)4)8-6-5-7-11-16/h13,16H,5-12H2,1-4H3. The molecule has 0 fully saturated rings. The first kappa shape index (κ1) is 16.3.